The molecule has 0 aromatic heterocycles. The van der Waals surface area contributed by atoms with E-state index in [-0.39, 0.29) is 23.9 Å². The minimum absolute atomic E-state index is 0.00171. The maximum Gasteiger partial charge on any atom is 0.410 e. The van der Waals surface area contributed by atoms with Gasteiger partial charge in [0.25, 0.3) is 5.69 Å². The summed E-state index contributed by atoms with van der Waals surface area (Å²) >= 11 is 0. The van der Waals surface area contributed by atoms with Crippen molar-refractivity contribution < 1.29 is 19.2 Å². The average Bonchev–Trinajstić information content (AvgIpc) is 2.52. The van der Waals surface area contributed by atoms with Crippen LogP contribution in [-0.4, -0.2) is 53.8 Å². The zero-order valence-electron chi connectivity index (χ0n) is 14.9. The fourth-order valence-corrected chi connectivity index (χ4v) is 3.46. The van der Waals surface area contributed by atoms with Gasteiger partial charge in [0.15, 0.2) is 0 Å². The number of benzene rings is 1. The van der Waals surface area contributed by atoms with E-state index in [1.807, 2.05) is 20.8 Å². The second kappa shape index (κ2) is 6.09. The molecule has 0 radical (unpaired) electrons. The number of ether oxygens (including phenoxy) is 2. The normalized spacial score (nSPS) is 22.2. The number of carbonyl (C=O) groups is 1. The number of non-ortho nitro benzene ring substituents is 1. The smallest absolute Gasteiger partial charge is 0.410 e. The van der Waals surface area contributed by atoms with Crippen molar-refractivity contribution in [3.63, 3.8) is 0 Å². The number of hydrogen-bond acceptors (Lipinski definition) is 6. The molecule has 2 unspecified atom stereocenters. The third-order valence-corrected chi connectivity index (χ3v) is 4.51. The van der Waals surface area contributed by atoms with E-state index in [0.29, 0.717) is 18.8 Å². The summed E-state index contributed by atoms with van der Waals surface area (Å²) < 4.78 is 10.8. The Morgan fingerprint density at radius 1 is 1.28 bits per heavy atom. The molecule has 2 atom stereocenters. The maximum atomic E-state index is 12.3. The van der Waals surface area contributed by atoms with Gasteiger partial charge in [0.2, 0.25) is 0 Å². The molecule has 0 aliphatic carbocycles. The van der Waals surface area contributed by atoms with E-state index in [0.717, 1.165) is 12.1 Å². The first-order chi connectivity index (χ1) is 11.7. The molecule has 8 heteroatoms. The molecule has 3 fully saturated rings. The van der Waals surface area contributed by atoms with E-state index in [4.69, 9.17) is 9.47 Å². The summed E-state index contributed by atoms with van der Waals surface area (Å²) in [5.41, 5.74) is 0.298. The van der Waals surface area contributed by atoms with Gasteiger partial charge in [-0.1, -0.05) is 0 Å². The molecule has 136 valence electrons. The molecule has 4 rings (SSSR count). The first-order valence-corrected chi connectivity index (χ1v) is 8.28. The van der Waals surface area contributed by atoms with Crippen LogP contribution in [0.25, 0.3) is 0 Å². The van der Waals surface area contributed by atoms with Crippen LogP contribution in [-0.2, 0) is 4.74 Å². The zero-order valence-corrected chi connectivity index (χ0v) is 14.9. The average molecular weight is 349 g/mol. The molecule has 3 heterocycles. The highest BCUT2D eigenvalue weighted by Gasteiger charge is 2.49. The van der Waals surface area contributed by atoms with Gasteiger partial charge in [-0.3, -0.25) is 15.0 Å². The lowest BCUT2D eigenvalue weighted by atomic mass is 9.87. The summed E-state index contributed by atoms with van der Waals surface area (Å²) in [5.74, 6) is 0.472. The van der Waals surface area contributed by atoms with Crippen LogP contribution in [0.2, 0.25) is 0 Å². The third-order valence-electron chi connectivity index (χ3n) is 4.51. The number of amides is 1. The molecular formula is C17H23N3O5. The lowest BCUT2D eigenvalue weighted by Gasteiger charge is -2.56. The minimum atomic E-state index is -0.512. The molecule has 1 aromatic rings. The van der Waals surface area contributed by atoms with Crippen LogP contribution in [0.5, 0.6) is 5.75 Å². The first kappa shape index (κ1) is 17.3. The number of carbonyl (C=O) groups excluding carboxylic acids is 1. The minimum Gasteiger partial charge on any atom is -0.494 e. The largest absolute Gasteiger partial charge is 0.494 e. The number of anilines is 1. The second-order valence-corrected chi connectivity index (χ2v) is 7.45. The highest BCUT2D eigenvalue weighted by atomic mass is 16.6. The number of piperazine rings is 1. The zero-order chi connectivity index (χ0) is 18.4. The number of methoxy groups -OCH3 is 1. The van der Waals surface area contributed by atoms with Crippen molar-refractivity contribution >= 4 is 17.5 Å². The number of piperidine rings is 1. The van der Waals surface area contributed by atoms with Crippen molar-refractivity contribution in [2.75, 3.05) is 25.1 Å². The molecule has 1 aromatic carbocycles. The third kappa shape index (κ3) is 3.33. The number of nitro groups is 1. The standard InChI is InChI=1S/C17H23N3O5/c1-17(2,3)25-16(21)19-12-7-13(19)10-18(9-12)14-6-5-11(20(22)23)8-15(14)24-4/h5-6,8,12-13H,7,9-10H2,1-4H3. The Hall–Kier alpha value is -2.51. The summed E-state index contributed by atoms with van der Waals surface area (Å²) in [5, 5.41) is 10.9. The van der Waals surface area contributed by atoms with Crippen LogP contribution in [0.3, 0.4) is 0 Å². The van der Waals surface area contributed by atoms with Crippen molar-refractivity contribution in [2.45, 2.75) is 44.9 Å². The van der Waals surface area contributed by atoms with Gasteiger partial charge in [0.05, 0.1) is 35.9 Å². The Balaban J connectivity index is 1.73. The summed E-state index contributed by atoms with van der Waals surface area (Å²) in [7, 11) is 1.50. The SMILES string of the molecule is COc1cc([N+](=O)[O-])ccc1N1CC2CC(C1)N2C(=O)OC(C)(C)C. The quantitative estimate of drug-likeness (QED) is 0.616. The van der Waals surface area contributed by atoms with Crippen molar-refractivity contribution in [3.8, 4) is 5.75 Å². The van der Waals surface area contributed by atoms with E-state index < -0.39 is 10.5 Å². The fourth-order valence-electron chi connectivity index (χ4n) is 3.46. The van der Waals surface area contributed by atoms with Crippen molar-refractivity contribution in [1.82, 2.24) is 4.90 Å². The number of hydrogen-bond donors (Lipinski definition) is 0. The molecule has 0 saturated carbocycles. The monoisotopic (exact) mass is 349 g/mol. The van der Waals surface area contributed by atoms with Gasteiger partial charge in [-0.25, -0.2) is 4.79 Å². The number of nitrogens with zero attached hydrogens (tertiary/aromatic N) is 3. The molecule has 0 N–H and O–H groups in total. The van der Waals surface area contributed by atoms with Gasteiger partial charge in [-0.2, -0.15) is 0 Å². The number of nitro benzene ring substituents is 1. The second-order valence-electron chi connectivity index (χ2n) is 7.45. The molecule has 0 spiro atoms. The van der Waals surface area contributed by atoms with Crippen molar-refractivity contribution in [3.05, 3.63) is 28.3 Å². The van der Waals surface area contributed by atoms with Gasteiger partial charge in [0, 0.05) is 19.2 Å². The van der Waals surface area contributed by atoms with Gasteiger partial charge in [-0.15, -0.1) is 0 Å². The molecule has 8 nitrogen and oxygen atoms in total. The van der Waals surface area contributed by atoms with Gasteiger partial charge < -0.3 is 14.4 Å². The summed E-state index contributed by atoms with van der Waals surface area (Å²) in [6, 6.07) is 4.80. The van der Waals surface area contributed by atoms with Gasteiger partial charge in [0.1, 0.15) is 11.4 Å². The van der Waals surface area contributed by atoms with Gasteiger partial charge in [-0.05, 0) is 33.3 Å². The van der Waals surface area contributed by atoms with Crippen LogP contribution >= 0.6 is 0 Å². The van der Waals surface area contributed by atoms with Crippen molar-refractivity contribution in [1.29, 1.82) is 0 Å². The Morgan fingerprint density at radius 3 is 2.44 bits per heavy atom. The van der Waals surface area contributed by atoms with Crippen molar-refractivity contribution in [2.24, 2.45) is 0 Å². The van der Waals surface area contributed by atoms with Crippen LogP contribution in [0.4, 0.5) is 16.2 Å². The first-order valence-electron chi connectivity index (χ1n) is 8.28. The van der Waals surface area contributed by atoms with Gasteiger partial charge >= 0.3 is 6.09 Å². The van der Waals surface area contributed by atoms with E-state index in [2.05, 4.69) is 4.90 Å². The molecular weight excluding hydrogens is 326 g/mol. The van der Waals surface area contributed by atoms with E-state index in [9.17, 15) is 14.9 Å². The van der Waals surface area contributed by atoms with Crippen LogP contribution in [0.1, 0.15) is 27.2 Å². The number of fused-ring (bicyclic) bond motifs is 2. The predicted molar refractivity (Wildman–Crippen MR) is 92.1 cm³/mol. The summed E-state index contributed by atoms with van der Waals surface area (Å²) in [6.45, 7) is 6.88. The Kier molecular flexibility index (Phi) is 4.22. The van der Waals surface area contributed by atoms with Crippen LogP contribution in [0, 0.1) is 10.1 Å². The maximum absolute atomic E-state index is 12.3. The molecule has 25 heavy (non-hydrogen) atoms. The van der Waals surface area contributed by atoms with Crippen LogP contribution < -0.4 is 9.64 Å². The molecule has 3 saturated heterocycles. The predicted octanol–water partition coefficient (Wildman–Crippen LogP) is 2.80. The Morgan fingerprint density at radius 2 is 1.92 bits per heavy atom. The van der Waals surface area contributed by atoms with Crippen LogP contribution in [0.15, 0.2) is 18.2 Å². The Labute approximate surface area is 146 Å². The summed E-state index contributed by atoms with van der Waals surface area (Å²) in [4.78, 5) is 26.7. The lowest BCUT2D eigenvalue weighted by molar-refractivity contribution is -0.384. The highest BCUT2D eigenvalue weighted by molar-refractivity contribution is 5.72. The fraction of sp³-hybridized carbons (Fsp3) is 0.588. The summed E-state index contributed by atoms with van der Waals surface area (Å²) in [6.07, 6.45) is 0.675. The molecule has 2 bridgehead atoms. The Bertz CT molecular complexity index is 688. The molecule has 3 aliphatic heterocycles. The van der Waals surface area contributed by atoms with E-state index >= 15 is 0 Å². The number of rotatable bonds is 3. The molecule has 1 amide bonds. The molecule has 3 aliphatic rings. The lowest BCUT2D eigenvalue weighted by Crippen LogP contribution is -2.70. The van der Waals surface area contributed by atoms with E-state index in [1.54, 1.807) is 11.0 Å². The highest BCUT2D eigenvalue weighted by Crippen LogP contribution is 2.39. The van der Waals surface area contributed by atoms with E-state index in [1.165, 1.54) is 19.2 Å². The topological polar surface area (TPSA) is 85.2 Å².